The normalized spacial score (nSPS) is 11.3. The summed E-state index contributed by atoms with van der Waals surface area (Å²) in [7, 11) is 3.50. The number of hydrogen-bond donors (Lipinski definition) is 1. The summed E-state index contributed by atoms with van der Waals surface area (Å²) in [5.41, 5.74) is 1.56. The van der Waals surface area contributed by atoms with Gasteiger partial charge in [0.15, 0.2) is 6.29 Å². The van der Waals surface area contributed by atoms with E-state index in [1.54, 1.807) is 43.3 Å². The molecule has 0 saturated carbocycles. The zero-order valence-corrected chi connectivity index (χ0v) is 12.6. The molecule has 4 heteroatoms. The van der Waals surface area contributed by atoms with Crippen molar-refractivity contribution in [3.8, 4) is 0 Å². The minimum Gasteiger partial charge on any atom is -0.390 e. The lowest BCUT2D eigenvalue weighted by atomic mass is 10.0. The van der Waals surface area contributed by atoms with Crippen molar-refractivity contribution in [1.29, 1.82) is 0 Å². The van der Waals surface area contributed by atoms with Gasteiger partial charge in [-0.2, -0.15) is 0 Å². The van der Waals surface area contributed by atoms with Crippen LogP contribution in [-0.4, -0.2) is 37.2 Å². The number of amides is 1. The fourth-order valence-electron chi connectivity index (χ4n) is 2.17. The number of rotatable bonds is 8. The van der Waals surface area contributed by atoms with E-state index in [1.807, 2.05) is 6.08 Å². The maximum atomic E-state index is 12.6. The molecule has 1 rings (SSSR count). The van der Waals surface area contributed by atoms with Crippen LogP contribution in [0.25, 0.3) is 0 Å². The van der Waals surface area contributed by atoms with Crippen LogP contribution in [0.2, 0.25) is 0 Å². The quantitative estimate of drug-likeness (QED) is 0.590. The van der Waals surface area contributed by atoms with Gasteiger partial charge in [0.2, 0.25) is 0 Å². The third-order valence-electron chi connectivity index (χ3n) is 3.47. The van der Waals surface area contributed by atoms with E-state index in [0.717, 1.165) is 18.5 Å². The molecule has 1 aromatic carbocycles. The molecule has 0 radical (unpaired) electrons. The maximum absolute atomic E-state index is 12.6. The van der Waals surface area contributed by atoms with Crippen LogP contribution >= 0.6 is 0 Å². The van der Waals surface area contributed by atoms with Crippen molar-refractivity contribution in [2.24, 2.45) is 0 Å². The Balaban J connectivity index is 3.04. The van der Waals surface area contributed by atoms with Gasteiger partial charge in [0, 0.05) is 25.4 Å². The van der Waals surface area contributed by atoms with Crippen molar-refractivity contribution < 1.29 is 9.59 Å². The van der Waals surface area contributed by atoms with Gasteiger partial charge in [0.05, 0.1) is 11.6 Å². The zero-order chi connectivity index (χ0) is 15.8. The molecule has 0 fully saturated rings. The van der Waals surface area contributed by atoms with Gasteiger partial charge in [-0.05, 0) is 18.9 Å². The van der Waals surface area contributed by atoms with Gasteiger partial charge in [-0.25, -0.2) is 0 Å². The number of nitrogens with zero attached hydrogens (tertiary/aromatic N) is 1. The number of aldehydes is 1. The van der Waals surface area contributed by atoms with E-state index in [1.165, 1.54) is 0 Å². The Hall–Kier alpha value is -2.36. The first-order valence-electron chi connectivity index (χ1n) is 6.85. The van der Waals surface area contributed by atoms with Crippen molar-refractivity contribution in [2.75, 3.05) is 14.1 Å². The Bertz CT molecular complexity index is 537. The largest absolute Gasteiger partial charge is 0.390 e. The predicted molar refractivity (Wildman–Crippen MR) is 85.3 cm³/mol. The number of likely N-dealkylation sites (N-methyl/N-ethyl adjacent to an activating group) is 2. The minimum absolute atomic E-state index is 0.153. The molecule has 0 aliphatic rings. The second-order valence-corrected chi connectivity index (χ2v) is 4.78. The predicted octanol–water partition coefficient (Wildman–Crippen LogP) is 2.64. The third-order valence-corrected chi connectivity index (χ3v) is 3.47. The lowest BCUT2D eigenvalue weighted by molar-refractivity contribution is 0.0742. The molecule has 1 amide bonds. The maximum Gasteiger partial charge on any atom is 0.254 e. The first-order chi connectivity index (χ1) is 10.1. The van der Waals surface area contributed by atoms with Crippen LogP contribution in [0.15, 0.2) is 49.2 Å². The molecule has 1 N–H and O–H groups in total. The Morgan fingerprint density at radius 3 is 2.67 bits per heavy atom. The van der Waals surface area contributed by atoms with Crippen LogP contribution in [0, 0.1) is 0 Å². The molecule has 4 nitrogen and oxygen atoms in total. The Kier molecular flexibility index (Phi) is 6.40. The lowest BCUT2D eigenvalue weighted by Gasteiger charge is -2.30. The van der Waals surface area contributed by atoms with E-state index < -0.39 is 0 Å². The second kappa shape index (κ2) is 8.04. The summed E-state index contributed by atoms with van der Waals surface area (Å²) in [6.07, 6.45) is 4.02. The summed E-state index contributed by atoms with van der Waals surface area (Å²) < 4.78 is 0. The smallest absolute Gasteiger partial charge is 0.254 e. The van der Waals surface area contributed by atoms with Crippen molar-refractivity contribution in [1.82, 2.24) is 10.2 Å². The van der Waals surface area contributed by atoms with Crippen LogP contribution in [0.4, 0.5) is 0 Å². The lowest BCUT2D eigenvalue weighted by Crippen LogP contribution is -2.41. The molecule has 112 valence electrons. The van der Waals surface area contributed by atoms with Gasteiger partial charge in [0.25, 0.3) is 5.91 Å². The summed E-state index contributed by atoms with van der Waals surface area (Å²) in [6, 6.07) is 6.64. The molecule has 0 aromatic heterocycles. The number of allylic oxidation sites excluding steroid dienone is 1. The van der Waals surface area contributed by atoms with Crippen LogP contribution in [0.1, 0.15) is 33.6 Å². The van der Waals surface area contributed by atoms with Crippen LogP contribution in [-0.2, 0) is 0 Å². The van der Waals surface area contributed by atoms with Crippen molar-refractivity contribution in [3.63, 3.8) is 0 Å². The minimum atomic E-state index is -0.192. The van der Waals surface area contributed by atoms with Gasteiger partial charge in [-0.15, -0.1) is 6.58 Å². The molecule has 1 aromatic rings. The van der Waals surface area contributed by atoms with E-state index in [-0.39, 0.29) is 11.9 Å². The van der Waals surface area contributed by atoms with Gasteiger partial charge in [0.1, 0.15) is 0 Å². The van der Waals surface area contributed by atoms with Crippen molar-refractivity contribution >= 4 is 12.2 Å². The van der Waals surface area contributed by atoms with Gasteiger partial charge >= 0.3 is 0 Å². The van der Waals surface area contributed by atoms with Gasteiger partial charge in [-0.3, -0.25) is 9.59 Å². The number of carbonyl (C=O) groups is 2. The van der Waals surface area contributed by atoms with Gasteiger partial charge in [-0.1, -0.05) is 30.9 Å². The molecule has 0 spiro atoms. The van der Waals surface area contributed by atoms with Crippen molar-refractivity contribution in [3.05, 3.63) is 60.3 Å². The highest BCUT2D eigenvalue weighted by molar-refractivity contribution is 6.01. The summed E-state index contributed by atoms with van der Waals surface area (Å²) in [6.45, 7) is 7.67. The molecular formula is C17H22N2O2. The second-order valence-electron chi connectivity index (χ2n) is 4.78. The zero-order valence-electron chi connectivity index (χ0n) is 12.6. The highest BCUT2D eigenvalue weighted by atomic mass is 16.2. The Morgan fingerprint density at radius 1 is 1.43 bits per heavy atom. The average molecular weight is 286 g/mol. The monoisotopic (exact) mass is 286 g/mol. The van der Waals surface area contributed by atoms with Crippen LogP contribution in [0.3, 0.4) is 0 Å². The summed E-state index contributed by atoms with van der Waals surface area (Å²) >= 11 is 0. The summed E-state index contributed by atoms with van der Waals surface area (Å²) in [5, 5.41) is 3.00. The standard InChI is InChI=1S/C17H22N2O2/c1-5-6-11-16(13(2)18-3)19(4)17(21)15-10-8-7-9-14(15)12-20/h5,7-10,12,16,18H,1-2,6,11H2,3-4H3. The molecule has 0 aliphatic carbocycles. The number of carbonyl (C=O) groups excluding carboxylic acids is 2. The fourth-order valence-corrected chi connectivity index (χ4v) is 2.17. The number of nitrogens with one attached hydrogen (secondary N) is 1. The first-order valence-corrected chi connectivity index (χ1v) is 6.85. The Labute approximate surface area is 126 Å². The molecule has 0 saturated heterocycles. The SMILES string of the molecule is C=CCCC(C(=C)NC)N(C)C(=O)c1ccccc1C=O. The summed E-state index contributed by atoms with van der Waals surface area (Å²) in [4.78, 5) is 25.3. The van der Waals surface area contributed by atoms with Crippen molar-refractivity contribution in [2.45, 2.75) is 18.9 Å². The fraction of sp³-hybridized carbons (Fsp3) is 0.294. The van der Waals surface area contributed by atoms with E-state index in [2.05, 4.69) is 18.5 Å². The topological polar surface area (TPSA) is 49.4 Å². The highest BCUT2D eigenvalue weighted by Gasteiger charge is 2.24. The molecule has 1 unspecified atom stereocenters. The van der Waals surface area contributed by atoms with E-state index in [4.69, 9.17) is 0 Å². The number of benzene rings is 1. The van der Waals surface area contributed by atoms with E-state index in [9.17, 15) is 9.59 Å². The van der Waals surface area contributed by atoms with Gasteiger partial charge < -0.3 is 10.2 Å². The molecule has 0 aliphatic heterocycles. The highest BCUT2D eigenvalue weighted by Crippen LogP contribution is 2.17. The average Bonchev–Trinajstić information content (AvgIpc) is 2.53. The van der Waals surface area contributed by atoms with E-state index in [0.29, 0.717) is 17.4 Å². The molecular weight excluding hydrogens is 264 g/mol. The van der Waals surface area contributed by atoms with Crippen LogP contribution < -0.4 is 5.32 Å². The molecule has 21 heavy (non-hydrogen) atoms. The number of hydrogen-bond acceptors (Lipinski definition) is 3. The Morgan fingerprint density at radius 2 is 2.10 bits per heavy atom. The molecule has 0 heterocycles. The van der Waals surface area contributed by atoms with Crippen LogP contribution in [0.5, 0.6) is 0 Å². The molecule has 0 bridgehead atoms. The third kappa shape index (κ3) is 4.05. The summed E-state index contributed by atoms with van der Waals surface area (Å²) in [5.74, 6) is -0.192. The molecule has 1 atom stereocenters. The first kappa shape index (κ1) is 16.7. The van der Waals surface area contributed by atoms with E-state index >= 15 is 0 Å².